The molecule has 30 heavy (non-hydrogen) atoms. The van der Waals surface area contributed by atoms with Crippen LogP contribution in [-0.4, -0.2) is 27.7 Å². The number of para-hydroxylation sites is 1. The van der Waals surface area contributed by atoms with Crippen molar-refractivity contribution in [2.45, 2.75) is 20.0 Å². The molecular weight excluding hydrogens is 398 g/mol. The Morgan fingerprint density at radius 1 is 1.13 bits per heavy atom. The van der Waals surface area contributed by atoms with Crippen LogP contribution >= 0.6 is 0 Å². The fourth-order valence-electron chi connectivity index (χ4n) is 3.41. The average Bonchev–Trinajstić information content (AvgIpc) is 3.20. The molecule has 152 valence electrons. The van der Waals surface area contributed by atoms with Crippen molar-refractivity contribution in [2.24, 2.45) is 0 Å². The predicted molar refractivity (Wildman–Crippen MR) is 118 cm³/mol. The zero-order valence-corrected chi connectivity index (χ0v) is 17.4. The SMILES string of the molecule is C=CC(C)=C(C=C)S(=O)(=O)N1Cc2ncnc(Nc3cnc4ccccc4c3)c2C1. The van der Waals surface area contributed by atoms with Crippen LogP contribution in [0.4, 0.5) is 11.5 Å². The van der Waals surface area contributed by atoms with Gasteiger partial charge in [0, 0.05) is 17.5 Å². The van der Waals surface area contributed by atoms with E-state index in [-0.39, 0.29) is 18.0 Å². The molecule has 1 aromatic carbocycles. The molecule has 1 aliphatic heterocycles. The maximum Gasteiger partial charge on any atom is 0.243 e. The van der Waals surface area contributed by atoms with Gasteiger partial charge in [0.05, 0.1) is 34.5 Å². The lowest BCUT2D eigenvalue weighted by Gasteiger charge is -2.17. The first kappa shape index (κ1) is 19.9. The highest BCUT2D eigenvalue weighted by molar-refractivity contribution is 7.93. The van der Waals surface area contributed by atoms with Crippen LogP contribution in [0.5, 0.6) is 0 Å². The third kappa shape index (κ3) is 3.51. The fourth-order valence-corrected chi connectivity index (χ4v) is 4.98. The van der Waals surface area contributed by atoms with Crippen molar-refractivity contribution in [1.82, 2.24) is 19.3 Å². The Morgan fingerprint density at radius 2 is 1.93 bits per heavy atom. The van der Waals surface area contributed by atoms with Gasteiger partial charge in [0.15, 0.2) is 0 Å². The van der Waals surface area contributed by atoms with Crippen LogP contribution in [0.15, 0.2) is 78.6 Å². The second kappa shape index (κ2) is 7.81. The fraction of sp³-hybridized carbons (Fsp3) is 0.136. The summed E-state index contributed by atoms with van der Waals surface area (Å²) in [5, 5.41) is 4.26. The maximum atomic E-state index is 13.1. The van der Waals surface area contributed by atoms with Crippen LogP contribution in [0.1, 0.15) is 18.2 Å². The van der Waals surface area contributed by atoms with E-state index in [2.05, 4.69) is 33.4 Å². The van der Waals surface area contributed by atoms with Gasteiger partial charge in [-0.05, 0) is 30.7 Å². The molecule has 3 heterocycles. The average molecular weight is 420 g/mol. The van der Waals surface area contributed by atoms with Crippen molar-refractivity contribution < 1.29 is 8.42 Å². The lowest BCUT2D eigenvalue weighted by atomic mass is 10.2. The number of benzene rings is 1. The standard InChI is InChI=1S/C22H21N5O2S/c1-4-15(3)21(5-2)30(28,29)27-12-18-20(13-27)24-14-25-22(18)26-17-10-16-8-6-7-9-19(16)23-11-17/h4-11,14H,1-2,12-13H2,3H3,(H,24,25,26). The van der Waals surface area contributed by atoms with E-state index in [4.69, 9.17) is 0 Å². The summed E-state index contributed by atoms with van der Waals surface area (Å²) in [5.74, 6) is 0.569. The number of rotatable bonds is 6. The summed E-state index contributed by atoms with van der Waals surface area (Å²) in [4.78, 5) is 13.2. The molecule has 4 rings (SSSR count). The summed E-state index contributed by atoms with van der Waals surface area (Å²) < 4.78 is 27.6. The first-order valence-corrected chi connectivity index (χ1v) is 10.8. The number of allylic oxidation sites excluding steroid dienone is 3. The summed E-state index contributed by atoms with van der Waals surface area (Å²) in [6.45, 7) is 9.36. The summed E-state index contributed by atoms with van der Waals surface area (Å²) in [6, 6.07) is 9.80. The number of fused-ring (bicyclic) bond motifs is 2. The van der Waals surface area contributed by atoms with E-state index in [0.717, 1.165) is 22.2 Å². The highest BCUT2D eigenvalue weighted by Crippen LogP contribution is 2.33. The van der Waals surface area contributed by atoms with Gasteiger partial charge in [-0.15, -0.1) is 0 Å². The quantitative estimate of drug-likeness (QED) is 0.606. The van der Waals surface area contributed by atoms with Crippen LogP contribution < -0.4 is 5.32 Å². The molecule has 7 nitrogen and oxygen atoms in total. The van der Waals surface area contributed by atoms with Crippen molar-refractivity contribution >= 4 is 32.4 Å². The number of hydrogen-bond donors (Lipinski definition) is 1. The number of aromatic nitrogens is 3. The van der Waals surface area contributed by atoms with Crippen LogP contribution in [0, 0.1) is 0 Å². The number of nitrogens with zero attached hydrogens (tertiary/aromatic N) is 4. The zero-order valence-electron chi connectivity index (χ0n) is 16.5. The van der Waals surface area contributed by atoms with Gasteiger partial charge in [-0.1, -0.05) is 37.4 Å². The lowest BCUT2D eigenvalue weighted by Crippen LogP contribution is -2.27. The third-order valence-corrected chi connectivity index (χ3v) is 7.03. The number of sulfonamides is 1. The van der Waals surface area contributed by atoms with Gasteiger partial charge in [0.1, 0.15) is 12.1 Å². The van der Waals surface area contributed by atoms with Crippen LogP contribution in [0.3, 0.4) is 0 Å². The highest BCUT2D eigenvalue weighted by atomic mass is 32.2. The van der Waals surface area contributed by atoms with Gasteiger partial charge in [-0.3, -0.25) is 4.98 Å². The minimum atomic E-state index is -3.73. The normalized spacial score (nSPS) is 14.8. The Hall–Kier alpha value is -3.36. The van der Waals surface area contributed by atoms with E-state index in [1.807, 2.05) is 30.3 Å². The van der Waals surface area contributed by atoms with E-state index in [0.29, 0.717) is 17.1 Å². The zero-order chi connectivity index (χ0) is 21.3. The number of pyridine rings is 1. The Labute approximate surface area is 175 Å². The van der Waals surface area contributed by atoms with Crippen molar-refractivity contribution in [3.8, 4) is 0 Å². The van der Waals surface area contributed by atoms with E-state index in [1.54, 1.807) is 13.1 Å². The summed E-state index contributed by atoms with van der Waals surface area (Å²) in [5.41, 5.74) is 3.63. The Bertz CT molecular complexity index is 1300. The molecule has 0 aliphatic carbocycles. The molecule has 0 bridgehead atoms. The number of anilines is 2. The molecule has 1 aliphatic rings. The van der Waals surface area contributed by atoms with E-state index in [1.165, 1.54) is 22.8 Å². The molecule has 0 spiro atoms. The minimum absolute atomic E-state index is 0.145. The molecule has 8 heteroatoms. The molecule has 0 saturated heterocycles. The Morgan fingerprint density at radius 3 is 2.70 bits per heavy atom. The van der Waals surface area contributed by atoms with Crippen molar-refractivity contribution in [1.29, 1.82) is 0 Å². The molecule has 2 aromatic heterocycles. The monoisotopic (exact) mass is 419 g/mol. The third-order valence-electron chi connectivity index (χ3n) is 5.05. The molecular formula is C22H21N5O2S. The smallest absolute Gasteiger partial charge is 0.243 e. The van der Waals surface area contributed by atoms with Crippen molar-refractivity contribution in [3.63, 3.8) is 0 Å². The van der Waals surface area contributed by atoms with Crippen LogP contribution in [-0.2, 0) is 23.1 Å². The molecule has 0 fully saturated rings. The first-order chi connectivity index (χ1) is 14.4. The van der Waals surface area contributed by atoms with E-state index in [9.17, 15) is 8.42 Å². The van der Waals surface area contributed by atoms with Gasteiger partial charge in [0.25, 0.3) is 0 Å². The maximum absolute atomic E-state index is 13.1. The lowest BCUT2D eigenvalue weighted by molar-refractivity contribution is 0.435. The Balaban J connectivity index is 1.65. The number of hydrogen-bond acceptors (Lipinski definition) is 6. The largest absolute Gasteiger partial charge is 0.339 e. The van der Waals surface area contributed by atoms with Gasteiger partial charge in [0.2, 0.25) is 10.0 Å². The van der Waals surface area contributed by atoms with Gasteiger partial charge >= 0.3 is 0 Å². The van der Waals surface area contributed by atoms with Crippen molar-refractivity contribution in [3.05, 3.63) is 89.9 Å². The highest BCUT2D eigenvalue weighted by Gasteiger charge is 2.34. The van der Waals surface area contributed by atoms with Gasteiger partial charge < -0.3 is 5.32 Å². The van der Waals surface area contributed by atoms with Gasteiger partial charge in [-0.2, -0.15) is 4.31 Å². The molecule has 0 atom stereocenters. The molecule has 0 unspecified atom stereocenters. The summed E-state index contributed by atoms with van der Waals surface area (Å²) in [7, 11) is -3.73. The molecule has 0 amide bonds. The molecule has 1 N–H and O–H groups in total. The molecule has 0 saturated carbocycles. The second-order valence-corrected chi connectivity index (χ2v) is 8.82. The second-order valence-electron chi connectivity index (χ2n) is 6.92. The number of nitrogens with one attached hydrogen (secondary N) is 1. The minimum Gasteiger partial charge on any atom is -0.339 e. The Kier molecular flexibility index (Phi) is 5.19. The first-order valence-electron chi connectivity index (χ1n) is 9.34. The summed E-state index contributed by atoms with van der Waals surface area (Å²) >= 11 is 0. The van der Waals surface area contributed by atoms with Crippen molar-refractivity contribution in [2.75, 3.05) is 5.32 Å². The van der Waals surface area contributed by atoms with Crippen LogP contribution in [0.25, 0.3) is 10.9 Å². The predicted octanol–water partition coefficient (Wildman–Crippen LogP) is 4.06. The van der Waals surface area contributed by atoms with E-state index < -0.39 is 10.0 Å². The van der Waals surface area contributed by atoms with Crippen LogP contribution in [0.2, 0.25) is 0 Å². The molecule has 3 aromatic rings. The summed E-state index contributed by atoms with van der Waals surface area (Å²) in [6.07, 6.45) is 6.02. The molecule has 0 radical (unpaired) electrons. The topological polar surface area (TPSA) is 88.1 Å². The van der Waals surface area contributed by atoms with E-state index >= 15 is 0 Å². The van der Waals surface area contributed by atoms with Gasteiger partial charge in [-0.25, -0.2) is 18.4 Å².